The number of nitrogens with zero attached hydrogens (tertiary/aromatic N) is 5. The molecule has 0 atom stereocenters. The van der Waals surface area contributed by atoms with E-state index in [4.69, 9.17) is 9.52 Å². The SMILES string of the molecule is CCNC(=NCCCc1nc(C(C)C)no1)N1CCN(c2ccccc2)CC1.I. The van der Waals surface area contributed by atoms with E-state index in [1.807, 2.05) is 0 Å². The average Bonchev–Trinajstić information content (AvgIpc) is 3.20. The van der Waals surface area contributed by atoms with E-state index >= 15 is 0 Å². The highest BCUT2D eigenvalue weighted by Crippen LogP contribution is 2.15. The first-order chi connectivity index (χ1) is 13.7. The number of para-hydroxylation sites is 1. The van der Waals surface area contributed by atoms with Crippen LogP contribution in [0.5, 0.6) is 0 Å². The molecule has 8 heteroatoms. The Morgan fingerprint density at radius 1 is 1.17 bits per heavy atom. The fraction of sp³-hybridized carbons (Fsp3) is 0.571. The zero-order valence-electron chi connectivity index (χ0n) is 17.7. The lowest BCUT2D eigenvalue weighted by molar-refractivity contribution is 0.366. The van der Waals surface area contributed by atoms with Crippen LogP contribution in [0, 0.1) is 0 Å². The summed E-state index contributed by atoms with van der Waals surface area (Å²) in [5, 5.41) is 7.45. The Labute approximate surface area is 191 Å². The van der Waals surface area contributed by atoms with Gasteiger partial charge in [-0.3, -0.25) is 4.99 Å². The van der Waals surface area contributed by atoms with E-state index < -0.39 is 0 Å². The molecule has 0 saturated carbocycles. The molecule has 1 saturated heterocycles. The Bertz CT molecular complexity index is 741. The zero-order valence-corrected chi connectivity index (χ0v) is 20.0. The molecule has 0 unspecified atom stereocenters. The number of aromatic nitrogens is 2. The highest BCUT2D eigenvalue weighted by molar-refractivity contribution is 14.0. The monoisotopic (exact) mass is 512 g/mol. The summed E-state index contributed by atoms with van der Waals surface area (Å²) in [6.45, 7) is 11.8. The van der Waals surface area contributed by atoms with Crippen LogP contribution in [0.4, 0.5) is 5.69 Å². The van der Waals surface area contributed by atoms with Gasteiger partial charge in [-0.1, -0.05) is 37.2 Å². The van der Waals surface area contributed by atoms with Gasteiger partial charge in [0.2, 0.25) is 5.89 Å². The van der Waals surface area contributed by atoms with Gasteiger partial charge in [0.1, 0.15) is 0 Å². The fourth-order valence-electron chi connectivity index (χ4n) is 3.26. The molecule has 0 bridgehead atoms. The first kappa shape index (κ1) is 23.4. The quantitative estimate of drug-likeness (QED) is 0.265. The van der Waals surface area contributed by atoms with E-state index in [-0.39, 0.29) is 24.0 Å². The minimum Gasteiger partial charge on any atom is -0.368 e. The van der Waals surface area contributed by atoms with Gasteiger partial charge in [-0.2, -0.15) is 4.98 Å². The van der Waals surface area contributed by atoms with Crippen LogP contribution in [0.3, 0.4) is 0 Å². The normalized spacial score (nSPS) is 14.8. The lowest BCUT2D eigenvalue weighted by Gasteiger charge is -2.37. The largest absolute Gasteiger partial charge is 0.368 e. The summed E-state index contributed by atoms with van der Waals surface area (Å²) in [6, 6.07) is 10.6. The van der Waals surface area contributed by atoms with Crippen LogP contribution in [-0.2, 0) is 6.42 Å². The molecule has 1 aromatic heterocycles. The Hall–Kier alpha value is -1.84. The second-order valence-electron chi connectivity index (χ2n) is 7.35. The van der Waals surface area contributed by atoms with Crippen molar-refractivity contribution in [3.05, 3.63) is 42.0 Å². The van der Waals surface area contributed by atoms with Crippen molar-refractivity contribution in [2.24, 2.45) is 4.99 Å². The topological polar surface area (TPSA) is 69.8 Å². The molecular weight excluding hydrogens is 479 g/mol. The number of benzene rings is 1. The summed E-state index contributed by atoms with van der Waals surface area (Å²) < 4.78 is 5.31. The summed E-state index contributed by atoms with van der Waals surface area (Å²) in [5.74, 6) is 2.79. The predicted octanol–water partition coefficient (Wildman–Crippen LogP) is 3.53. The van der Waals surface area contributed by atoms with Gasteiger partial charge in [-0.15, -0.1) is 24.0 Å². The maximum atomic E-state index is 5.31. The minimum absolute atomic E-state index is 0. The van der Waals surface area contributed by atoms with E-state index in [0.717, 1.165) is 63.9 Å². The van der Waals surface area contributed by atoms with Crippen molar-refractivity contribution in [3.8, 4) is 0 Å². The van der Waals surface area contributed by atoms with Crippen molar-refractivity contribution >= 4 is 35.6 Å². The smallest absolute Gasteiger partial charge is 0.226 e. The standard InChI is InChI=1S/C21H32N6O.HI/c1-4-22-21(23-12-8-11-19-24-20(17(2)3)25-28-19)27-15-13-26(14-16-27)18-9-6-5-7-10-18;/h5-7,9-10,17H,4,8,11-16H2,1-3H3,(H,22,23);1H. The highest BCUT2D eigenvalue weighted by atomic mass is 127. The van der Waals surface area contributed by atoms with Gasteiger partial charge in [0.05, 0.1) is 0 Å². The third-order valence-corrected chi connectivity index (χ3v) is 4.85. The number of guanidine groups is 1. The molecule has 0 radical (unpaired) electrons. The van der Waals surface area contributed by atoms with E-state index in [1.54, 1.807) is 0 Å². The molecule has 29 heavy (non-hydrogen) atoms. The lowest BCUT2D eigenvalue weighted by atomic mass is 10.2. The lowest BCUT2D eigenvalue weighted by Crippen LogP contribution is -2.52. The molecule has 160 valence electrons. The maximum absolute atomic E-state index is 5.31. The highest BCUT2D eigenvalue weighted by Gasteiger charge is 2.19. The molecule has 0 aliphatic carbocycles. The second kappa shape index (κ2) is 12.0. The number of aryl methyl sites for hydroxylation is 1. The second-order valence-corrected chi connectivity index (χ2v) is 7.35. The van der Waals surface area contributed by atoms with Crippen molar-refractivity contribution in [1.29, 1.82) is 0 Å². The van der Waals surface area contributed by atoms with Gasteiger partial charge < -0.3 is 19.6 Å². The Balaban J connectivity index is 0.00000300. The minimum atomic E-state index is 0. The van der Waals surface area contributed by atoms with E-state index in [9.17, 15) is 0 Å². The molecule has 1 aliphatic rings. The number of hydrogen-bond acceptors (Lipinski definition) is 5. The summed E-state index contributed by atoms with van der Waals surface area (Å²) in [5.41, 5.74) is 1.30. The molecule has 2 aromatic rings. The molecule has 1 N–H and O–H groups in total. The van der Waals surface area contributed by atoms with Gasteiger partial charge in [0.25, 0.3) is 0 Å². The van der Waals surface area contributed by atoms with Crippen molar-refractivity contribution in [2.45, 2.75) is 39.5 Å². The molecule has 1 fully saturated rings. The number of hydrogen-bond donors (Lipinski definition) is 1. The van der Waals surface area contributed by atoms with E-state index in [0.29, 0.717) is 11.8 Å². The molecule has 1 aromatic carbocycles. The van der Waals surface area contributed by atoms with Crippen molar-refractivity contribution in [2.75, 3.05) is 44.2 Å². The summed E-state index contributed by atoms with van der Waals surface area (Å²) in [7, 11) is 0. The van der Waals surface area contributed by atoms with Crippen LogP contribution in [-0.4, -0.2) is 60.3 Å². The van der Waals surface area contributed by atoms with E-state index in [2.05, 4.69) is 76.4 Å². The summed E-state index contributed by atoms with van der Waals surface area (Å²) in [6.07, 6.45) is 1.67. The van der Waals surface area contributed by atoms with Gasteiger partial charge >= 0.3 is 0 Å². The van der Waals surface area contributed by atoms with Gasteiger partial charge in [0.15, 0.2) is 11.8 Å². The molecular formula is C21H33IN6O. The molecule has 0 amide bonds. The van der Waals surface area contributed by atoms with Gasteiger partial charge in [-0.25, -0.2) is 0 Å². The Morgan fingerprint density at radius 2 is 1.90 bits per heavy atom. The van der Waals surface area contributed by atoms with Crippen LogP contribution in [0.1, 0.15) is 44.8 Å². The van der Waals surface area contributed by atoms with Crippen LogP contribution in [0.15, 0.2) is 39.8 Å². The predicted molar refractivity (Wildman–Crippen MR) is 128 cm³/mol. The molecule has 2 heterocycles. The van der Waals surface area contributed by atoms with Crippen LogP contribution in [0.2, 0.25) is 0 Å². The summed E-state index contributed by atoms with van der Waals surface area (Å²) >= 11 is 0. The number of nitrogens with one attached hydrogen (secondary N) is 1. The Morgan fingerprint density at radius 3 is 2.52 bits per heavy atom. The Kier molecular flexibility index (Phi) is 9.69. The van der Waals surface area contributed by atoms with Crippen molar-refractivity contribution in [3.63, 3.8) is 0 Å². The molecule has 1 aliphatic heterocycles. The van der Waals surface area contributed by atoms with Crippen LogP contribution >= 0.6 is 24.0 Å². The van der Waals surface area contributed by atoms with Crippen LogP contribution in [0.25, 0.3) is 0 Å². The number of anilines is 1. The third kappa shape index (κ3) is 6.87. The third-order valence-electron chi connectivity index (χ3n) is 4.85. The average molecular weight is 512 g/mol. The number of aliphatic imine (C=N–C) groups is 1. The van der Waals surface area contributed by atoms with Crippen LogP contribution < -0.4 is 10.2 Å². The maximum Gasteiger partial charge on any atom is 0.226 e. The van der Waals surface area contributed by atoms with Crippen molar-refractivity contribution < 1.29 is 4.52 Å². The number of piperazine rings is 1. The molecule has 0 spiro atoms. The zero-order chi connectivity index (χ0) is 19.8. The number of halogens is 1. The summed E-state index contributed by atoms with van der Waals surface area (Å²) in [4.78, 5) is 14.0. The first-order valence-corrected chi connectivity index (χ1v) is 10.3. The first-order valence-electron chi connectivity index (χ1n) is 10.3. The molecule has 3 rings (SSSR count). The number of rotatable bonds is 7. The molecule has 7 nitrogen and oxygen atoms in total. The van der Waals surface area contributed by atoms with E-state index in [1.165, 1.54) is 5.69 Å². The van der Waals surface area contributed by atoms with Gasteiger partial charge in [0, 0.05) is 57.3 Å². The van der Waals surface area contributed by atoms with Gasteiger partial charge in [-0.05, 0) is 25.5 Å². The van der Waals surface area contributed by atoms with Crippen molar-refractivity contribution in [1.82, 2.24) is 20.4 Å². The fourth-order valence-corrected chi connectivity index (χ4v) is 3.26.